The number of hydrazine groups is 1. The van der Waals surface area contributed by atoms with Gasteiger partial charge in [-0.25, -0.2) is 5.43 Å². The fourth-order valence-electron chi connectivity index (χ4n) is 4.42. The molecule has 7 heteroatoms. The van der Waals surface area contributed by atoms with Crippen LogP contribution in [0.1, 0.15) is 57.1 Å². The lowest BCUT2D eigenvalue weighted by Crippen LogP contribution is -2.51. The molecule has 2 aliphatic heterocycles. The van der Waals surface area contributed by atoms with Crippen LogP contribution >= 0.6 is 0 Å². The molecule has 2 fully saturated rings. The largest absolute Gasteiger partial charge is 0.494 e. The molecule has 1 saturated heterocycles. The predicted molar refractivity (Wildman–Crippen MR) is 110 cm³/mol. The van der Waals surface area contributed by atoms with Gasteiger partial charge in [0.2, 0.25) is 5.91 Å². The van der Waals surface area contributed by atoms with Crippen LogP contribution in [0.5, 0.6) is 5.75 Å². The minimum atomic E-state index is -0.293. The molecular formula is C22H30N4O3. The van der Waals surface area contributed by atoms with Gasteiger partial charge in [0.25, 0.3) is 5.91 Å². The second-order valence-electron chi connectivity index (χ2n) is 8.01. The average molecular weight is 399 g/mol. The summed E-state index contributed by atoms with van der Waals surface area (Å²) in [6.45, 7) is 2.69. The highest BCUT2D eigenvalue weighted by molar-refractivity contribution is 5.89. The molecule has 0 bridgehead atoms. The van der Waals surface area contributed by atoms with Crippen LogP contribution in [0.25, 0.3) is 0 Å². The first-order valence-electron chi connectivity index (χ1n) is 10.7. The maximum Gasteiger partial charge on any atom is 0.251 e. The Labute approximate surface area is 172 Å². The minimum Gasteiger partial charge on any atom is -0.494 e. The summed E-state index contributed by atoms with van der Waals surface area (Å²) in [7, 11) is 0. The molecule has 4 rings (SSSR count). The van der Waals surface area contributed by atoms with Gasteiger partial charge in [0.05, 0.1) is 12.6 Å². The monoisotopic (exact) mass is 398 g/mol. The van der Waals surface area contributed by atoms with Crippen molar-refractivity contribution in [1.29, 1.82) is 0 Å². The van der Waals surface area contributed by atoms with Crippen LogP contribution < -0.4 is 15.5 Å². The van der Waals surface area contributed by atoms with Gasteiger partial charge in [-0.15, -0.1) is 0 Å². The summed E-state index contributed by atoms with van der Waals surface area (Å²) in [4.78, 5) is 26.9. The zero-order chi connectivity index (χ0) is 20.2. The molecule has 156 valence electrons. The van der Waals surface area contributed by atoms with Gasteiger partial charge in [-0.3, -0.25) is 9.59 Å². The van der Waals surface area contributed by atoms with Crippen molar-refractivity contribution in [2.75, 3.05) is 13.2 Å². The van der Waals surface area contributed by atoms with Crippen molar-refractivity contribution in [3.05, 3.63) is 42.2 Å². The normalized spacial score (nSPS) is 24.5. The van der Waals surface area contributed by atoms with Crippen LogP contribution in [0.4, 0.5) is 0 Å². The number of carbonyl (C=O) groups excluding carboxylic acids is 2. The third-order valence-corrected chi connectivity index (χ3v) is 5.95. The van der Waals surface area contributed by atoms with E-state index in [-0.39, 0.29) is 36.5 Å². The van der Waals surface area contributed by atoms with Gasteiger partial charge in [0.15, 0.2) is 0 Å². The van der Waals surface area contributed by atoms with E-state index in [1.807, 2.05) is 42.4 Å². The summed E-state index contributed by atoms with van der Waals surface area (Å²) >= 11 is 0. The third-order valence-electron chi connectivity index (χ3n) is 5.95. The van der Waals surface area contributed by atoms with Gasteiger partial charge in [0, 0.05) is 18.4 Å². The zero-order valence-electron chi connectivity index (χ0n) is 17.0. The summed E-state index contributed by atoms with van der Waals surface area (Å²) in [6.07, 6.45) is 9.89. The Bertz CT molecular complexity index is 758. The van der Waals surface area contributed by atoms with Gasteiger partial charge in [0.1, 0.15) is 18.3 Å². The molecule has 1 saturated carbocycles. The van der Waals surface area contributed by atoms with Crippen LogP contribution in [0.2, 0.25) is 0 Å². The van der Waals surface area contributed by atoms with Crippen molar-refractivity contribution in [3.8, 4) is 5.75 Å². The van der Waals surface area contributed by atoms with E-state index in [9.17, 15) is 9.59 Å². The topological polar surface area (TPSA) is 73.9 Å². The number of nitrogens with one attached hydrogen (secondary N) is 2. The Morgan fingerprint density at radius 3 is 2.66 bits per heavy atom. The van der Waals surface area contributed by atoms with E-state index in [1.165, 1.54) is 19.3 Å². The Kier molecular flexibility index (Phi) is 6.04. The number of hydrogen-bond donors (Lipinski definition) is 2. The number of fused-ring (bicyclic) bond motifs is 1. The highest BCUT2D eigenvalue weighted by atomic mass is 16.5. The quantitative estimate of drug-likeness (QED) is 0.770. The summed E-state index contributed by atoms with van der Waals surface area (Å²) in [6, 6.07) is 8.00. The summed E-state index contributed by atoms with van der Waals surface area (Å²) < 4.78 is 5.50. The molecule has 0 spiro atoms. The molecule has 3 aliphatic rings. The van der Waals surface area contributed by atoms with Gasteiger partial charge in [-0.1, -0.05) is 31.4 Å². The Hall–Kier alpha value is -2.54. The highest BCUT2D eigenvalue weighted by Gasteiger charge is 2.40. The summed E-state index contributed by atoms with van der Waals surface area (Å²) in [5, 5.41) is 4.95. The van der Waals surface area contributed by atoms with E-state index in [0.717, 1.165) is 24.2 Å². The van der Waals surface area contributed by atoms with Crippen LogP contribution in [-0.4, -0.2) is 47.0 Å². The SMILES string of the molecule is CCOc1ccc(C2CC3C(=O)N(CC(=O)NC4CCCCC4)C=CN3N2)cc1. The van der Waals surface area contributed by atoms with E-state index < -0.39 is 0 Å². The van der Waals surface area contributed by atoms with Crippen molar-refractivity contribution in [2.24, 2.45) is 0 Å². The number of carbonyl (C=O) groups is 2. The first-order chi connectivity index (χ1) is 14.1. The number of amides is 2. The molecule has 2 unspecified atom stereocenters. The Balaban J connectivity index is 1.34. The van der Waals surface area contributed by atoms with Gasteiger partial charge in [-0.05, 0) is 43.9 Å². The molecule has 7 nitrogen and oxygen atoms in total. The van der Waals surface area contributed by atoms with Gasteiger partial charge < -0.3 is 20.0 Å². The van der Waals surface area contributed by atoms with Crippen molar-refractivity contribution in [3.63, 3.8) is 0 Å². The first-order valence-corrected chi connectivity index (χ1v) is 10.7. The summed E-state index contributed by atoms with van der Waals surface area (Å²) in [5.41, 5.74) is 4.50. The van der Waals surface area contributed by atoms with Crippen molar-refractivity contribution in [1.82, 2.24) is 20.7 Å². The zero-order valence-corrected chi connectivity index (χ0v) is 17.0. The van der Waals surface area contributed by atoms with Crippen molar-refractivity contribution < 1.29 is 14.3 Å². The van der Waals surface area contributed by atoms with E-state index >= 15 is 0 Å². The molecule has 1 aromatic rings. The number of benzene rings is 1. The van der Waals surface area contributed by atoms with Crippen LogP contribution in [-0.2, 0) is 9.59 Å². The molecule has 2 amide bonds. The van der Waals surface area contributed by atoms with E-state index in [1.54, 1.807) is 11.1 Å². The second-order valence-corrected chi connectivity index (χ2v) is 8.01. The number of nitrogens with zero attached hydrogens (tertiary/aromatic N) is 2. The second kappa shape index (κ2) is 8.86. The maximum atomic E-state index is 12.9. The molecule has 29 heavy (non-hydrogen) atoms. The number of ether oxygens (including phenoxy) is 1. The van der Waals surface area contributed by atoms with Crippen LogP contribution in [0.15, 0.2) is 36.7 Å². The lowest BCUT2D eigenvalue weighted by atomic mass is 9.95. The van der Waals surface area contributed by atoms with Gasteiger partial charge in [-0.2, -0.15) is 0 Å². The molecule has 0 aromatic heterocycles. The fourth-order valence-corrected chi connectivity index (χ4v) is 4.42. The first kappa shape index (κ1) is 19.8. The molecule has 2 N–H and O–H groups in total. The molecule has 0 radical (unpaired) electrons. The fraction of sp³-hybridized carbons (Fsp3) is 0.545. The number of rotatable bonds is 6. The minimum absolute atomic E-state index is 0.0350. The standard InChI is InChI=1S/C22H30N4O3/c1-2-29-18-10-8-16(9-11-18)19-14-20-22(28)25(12-13-26(20)24-19)15-21(27)23-17-6-4-3-5-7-17/h8-13,17,19-20,24H,2-7,14-15H2,1H3,(H,23,27). The lowest BCUT2D eigenvalue weighted by Gasteiger charge is -2.32. The smallest absolute Gasteiger partial charge is 0.251 e. The Morgan fingerprint density at radius 1 is 1.17 bits per heavy atom. The lowest BCUT2D eigenvalue weighted by molar-refractivity contribution is -0.138. The Morgan fingerprint density at radius 2 is 1.93 bits per heavy atom. The highest BCUT2D eigenvalue weighted by Crippen LogP contribution is 2.31. The third kappa shape index (κ3) is 4.56. The molecule has 2 atom stereocenters. The molecular weight excluding hydrogens is 368 g/mol. The molecule has 1 aromatic carbocycles. The van der Waals surface area contributed by atoms with E-state index in [0.29, 0.717) is 13.0 Å². The van der Waals surface area contributed by atoms with Crippen LogP contribution in [0, 0.1) is 0 Å². The van der Waals surface area contributed by atoms with Crippen LogP contribution in [0.3, 0.4) is 0 Å². The maximum absolute atomic E-state index is 12.9. The average Bonchev–Trinajstić information content (AvgIpc) is 3.17. The molecule has 2 heterocycles. The van der Waals surface area contributed by atoms with E-state index in [4.69, 9.17) is 4.74 Å². The summed E-state index contributed by atoms with van der Waals surface area (Å²) in [5.74, 6) is 0.739. The van der Waals surface area contributed by atoms with E-state index in [2.05, 4.69) is 10.7 Å². The molecule has 1 aliphatic carbocycles. The predicted octanol–water partition coefficient (Wildman–Crippen LogP) is 2.47. The van der Waals surface area contributed by atoms with Crippen molar-refractivity contribution >= 4 is 11.8 Å². The van der Waals surface area contributed by atoms with Crippen molar-refractivity contribution in [2.45, 2.75) is 63.6 Å². The van der Waals surface area contributed by atoms with Gasteiger partial charge >= 0.3 is 0 Å². The number of hydrogen-bond acceptors (Lipinski definition) is 5.